The lowest BCUT2D eigenvalue weighted by Gasteiger charge is -2.33. The van der Waals surface area contributed by atoms with E-state index in [9.17, 15) is 9.18 Å². The highest BCUT2D eigenvalue weighted by atomic mass is 19.1. The lowest BCUT2D eigenvalue weighted by molar-refractivity contribution is 0.101. The number of carbonyl (C=O) groups excluding carboxylic acids is 1. The van der Waals surface area contributed by atoms with E-state index in [4.69, 9.17) is 5.41 Å². The second-order valence-electron chi connectivity index (χ2n) is 7.47. The Balaban J connectivity index is 0.000000304. The number of benzene rings is 1. The fraction of sp³-hybridized carbons (Fsp3) is 0.346. The van der Waals surface area contributed by atoms with Gasteiger partial charge < -0.3 is 14.9 Å². The molecule has 32 heavy (non-hydrogen) atoms. The van der Waals surface area contributed by atoms with Crippen LogP contribution in [0, 0.1) is 32.0 Å². The number of nitrogens with zero attached hydrogens (tertiary/aromatic N) is 3. The molecule has 170 valence electrons. The zero-order chi connectivity index (χ0) is 23.8. The molecule has 0 aliphatic carbocycles. The van der Waals surface area contributed by atoms with Crippen molar-refractivity contribution in [3.63, 3.8) is 0 Å². The molecule has 1 fully saturated rings. The number of ketones is 1. The summed E-state index contributed by atoms with van der Waals surface area (Å²) in [5, 5.41) is 7.64. The van der Waals surface area contributed by atoms with Gasteiger partial charge in [-0.05, 0) is 64.4 Å². The molecule has 0 saturated carbocycles. The van der Waals surface area contributed by atoms with Crippen molar-refractivity contribution in [1.29, 1.82) is 5.41 Å². The minimum atomic E-state index is -0.282. The molecule has 0 unspecified atom stereocenters. The summed E-state index contributed by atoms with van der Waals surface area (Å²) in [5.41, 5.74) is 6.34. The van der Waals surface area contributed by atoms with Gasteiger partial charge in [-0.25, -0.2) is 4.39 Å². The third kappa shape index (κ3) is 5.49. The third-order valence-electron chi connectivity index (χ3n) is 5.37. The number of pyridine rings is 1. The first-order valence-corrected chi connectivity index (χ1v) is 11.0. The number of hydrogen-bond acceptors (Lipinski definition) is 4. The summed E-state index contributed by atoms with van der Waals surface area (Å²) in [6.45, 7) is 13.5. The standard InChI is InChI=1S/C18H21N3O.C6H6FN.C2H6/c1-12-17(11-19)18(14(3)22)13(2)21(12)16-7-4-6-15(10-16)20-8-5-9-20;1-5-2-3-6(7)4-8-5;1-2/h4,6-7,10-11,19H,5,8-9H2,1-3H3;2-4H,1H3;1-2H3. The molecule has 1 saturated heterocycles. The van der Waals surface area contributed by atoms with Crippen molar-refractivity contribution in [2.75, 3.05) is 18.0 Å². The number of aromatic nitrogens is 2. The molecule has 0 atom stereocenters. The predicted molar refractivity (Wildman–Crippen MR) is 130 cm³/mol. The fourth-order valence-electron chi connectivity index (χ4n) is 3.72. The average molecular weight is 437 g/mol. The van der Waals surface area contributed by atoms with Gasteiger partial charge in [-0.2, -0.15) is 0 Å². The molecule has 1 aromatic carbocycles. The van der Waals surface area contributed by atoms with Crippen molar-refractivity contribution in [3.8, 4) is 5.69 Å². The summed E-state index contributed by atoms with van der Waals surface area (Å²) in [7, 11) is 0. The fourth-order valence-corrected chi connectivity index (χ4v) is 3.72. The molecule has 4 rings (SSSR count). The second-order valence-corrected chi connectivity index (χ2v) is 7.47. The maximum atomic E-state index is 12.0. The van der Waals surface area contributed by atoms with E-state index >= 15 is 0 Å². The number of nitrogens with one attached hydrogen (secondary N) is 1. The topological polar surface area (TPSA) is 62.0 Å². The number of carbonyl (C=O) groups is 1. The molecule has 0 spiro atoms. The van der Waals surface area contributed by atoms with Crippen LogP contribution in [0.5, 0.6) is 0 Å². The smallest absolute Gasteiger partial charge is 0.162 e. The Morgan fingerprint density at radius 3 is 2.16 bits per heavy atom. The first-order chi connectivity index (χ1) is 15.3. The normalized spacial score (nSPS) is 12.0. The van der Waals surface area contributed by atoms with Gasteiger partial charge in [0.25, 0.3) is 0 Å². The molecule has 0 bridgehead atoms. The lowest BCUT2D eigenvalue weighted by Crippen LogP contribution is -2.36. The maximum absolute atomic E-state index is 12.0. The summed E-state index contributed by atoms with van der Waals surface area (Å²) in [6.07, 6.45) is 3.74. The Morgan fingerprint density at radius 1 is 1.06 bits per heavy atom. The van der Waals surface area contributed by atoms with Crippen LogP contribution < -0.4 is 4.90 Å². The van der Waals surface area contributed by atoms with Crippen LogP contribution in [0.15, 0.2) is 42.6 Å². The van der Waals surface area contributed by atoms with Gasteiger partial charge in [-0.3, -0.25) is 9.78 Å². The Bertz CT molecular complexity index is 1050. The highest BCUT2D eigenvalue weighted by Crippen LogP contribution is 2.29. The van der Waals surface area contributed by atoms with Gasteiger partial charge in [-0.1, -0.05) is 19.9 Å². The van der Waals surface area contributed by atoms with E-state index in [0.717, 1.165) is 41.4 Å². The van der Waals surface area contributed by atoms with Crippen LogP contribution in [0.2, 0.25) is 0 Å². The van der Waals surface area contributed by atoms with Crippen molar-refractivity contribution in [2.24, 2.45) is 0 Å². The Hall–Kier alpha value is -3.28. The van der Waals surface area contributed by atoms with Crippen LogP contribution in [0.3, 0.4) is 0 Å². The number of hydrogen-bond donors (Lipinski definition) is 1. The lowest BCUT2D eigenvalue weighted by atomic mass is 10.1. The summed E-state index contributed by atoms with van der Waals surface area (Å²) < 4.78 is 14.1. The molecular weight excluding hydrogens is 403 g/mol. The van der Waals surface area contributed by atoms with E-state index < -0.39 is 0 Å². The minimum absolute atomic E-state index is 0.0109. The van der Waals surface area contributed by atoms with Crippen LogP contribution in [-0.2, 0) is 0 Å². The number of anilines is 1. The average Bonchev–Trinajstić information content (AvgIpc) is 3.00. The van der Waals surface area contributed by atoms with Crippen molar-refractivity contribution in [1.82, 2.24) is 9.55 Å². The van der Waals surface area contributed by atoms with Crippen molar-refractivity contribution in [3.05, 3.63) is 76.6 Å². The summed E-state index contributed by atoms with van der Waals surface area (Å²) in [5.74, 6) is -0.271. The number of aryl methyl sites for hydroxylation is 1. The van der Waals surface area contributed by atoms with E-state index in [2.05, 4.69) is 38.7 Å². The quantitative estimate of drug-likeness (QED) is 0.399. The van der Waals surface area contributed by atoms with Gasteiger partial charge in [-0.15, -0.1) is 0 Å². The molecule has 1 aliphatic heterocycles. The molecule has 5 nitrogen and oxygen atoms in total. The molecular formula is C26H33FN4O. The van der Waals surface area contributed by atoms with Crippen LogP contribution in [0.4, 0.5) is 10.1 Å². The zero-order valence-corrected chi connectivity index (χ0v) is 19.9. The van der Waals surface area contributed by atoms with E-state index in [1.54, 1.807) is 13.0 Å². The predicted octanol–water partition coefficient (Wildman–Crippen LogP) is 6.06. The largest absolute Gasteiger partial charge is 0.371 e. The maximum Gasteiger partial charge on any atom is 0.162 e. The highest BCUT2D eigenvalue weighted by Gasteiger charge is 2.21. The minimum Gasteiger partial charge on any atom is -0.371 e. The molecule has 0 amide bonds. The van der Waals surface area contributed by atoms with Gasteiger partial charge in [0.2, 0.25) is 0 Å². The van der Waals surface area contributed by atoms with Crippen molar-refractivity contribution in [2.45, 2.75) is 48.0 Å². The first-order valence-electron chi connectivity index (χ1n) is 11.0. The number of rotatable bonds is 4. The number of Topliss-reactive ketones (excluding diaryl/α,β-unsaturated/α-hetero) is 1. The Morgan fingerprint density at radius 2 is 1.72 bits per heavy atom. The summed E-state index contributed by atoms with van der Waals surface area (Å²) >= 11 is 0. The van der Waals surface area contributed by atoms with Crippen molar-refractivity contribution >= 4 is 17.7 Å². The summed E-state index contributed by atoms with van der Waals surface area (Å²) in [6, 6.07) is 11.4. The Labute approximate surface area is 190 Å². The van der Waals surface area contributed by atoms with Gasteiger partial charge in [0.1, 0.15) is 5.82 Å². The Kier molecular flexibility index (Phi) is 8.88. The SMILES string of the molecule is CC.CC(=O)c1c(C=N)c(C)n(-c2cccc(N3CCC3)c2)c1C.Cc1ccc(F)cn1. The molecule has 0 radical (unpaired) electrons. The third-order valence-corrected chi connectivity index (χ3v) is 5.37. The molecule has 1 N–H and O–H groups in total. The summed E-state index contributed by atoms with van der Waals surface area (Å²) in [4.78, 5) is 18.0. The second kappa shape index (κ2) is 11.4. The van der Waals surface area contributed by atoms with Crippen molar-refractivity contribution < 1.29 is 9.18 Å². The zero-order valence-electron chi connectivity index (χ0n) is 19.9. The molecule has 3 aromatic rings. The van der Waals surface area contributed by atoms with Gasteiger partial charge in [0.05, 0.1) is 6.20 Å². The molecule has 6 heteroatoms. The number of halogens is 1. The molecule has 1 aliphatic rings. The van der Waals surface area contributed by atoms with E-state index in [1.165, 1.54) is 30.6 Å². The van der Waals surface area contributed by atoms with Crippen LogP contribution in [-0.4, -0.2) is 34.6 Å². The van der Waals surface area contributed by atoms with Gasteiger partial charge in [0.15, 0.2) is 5.78 Å². The highest BCUT2D eigenvalue weighted by molar-refractivity contribution is 6.04. The van der Waals surface area contributed by atoms with Crippen LogP contribution >= 0.6 is 0 Å². The molecule has 2 aromatic heterocycles. The van der Waals surface area contributed by atoms with Crippen LogP contribution in [0.1, 0.15) is 60.2 Å². The van der Waals surface area contributed by atoms with E-state index in [-0.39, 0.29) is 11.6 Å². The first kappa shape index (κ1) is 25.0. The van der Waals surface area contributed by atoms with Gasteiger partial charge in [0, 0.05) is 58.9 Å². The van der Waals surface area contributed by atoms with Crippen LogP contribution in [0.25, 0.3) is 5.69 Å². The van der Waals surface area contributed by atoms with Gasteiger partial charge >= 0.3 is 0 Å². The van der Waals surface area contributed by atoms with E-state index in [1.807, 2.05) is 34.6 Å². The molecule has 3 heterocycles. The monoisotopic (exact) mass is 436 g/mol. The van der Waals surface area contributed by atoms with E-state index in [0.29, 0.717) is 5.56 Å².